The number of nitro groups is 2. The van der Waals surface area contributed by atoms with Crippen LogP contribution in [-0.2, 0) is 4.79 Å². The lowest BCUT2D eigenvalue weighted by atomic mass is 10.1. The van der Waals surface area contributed by atoms with Gasteiger partial charge in [0.05, 0.1) is 43.3 Å². The third-order valence-electron chi connectivity index (χ3n) is 10.5. The van der Waals surface area contributed by atoms with Crippen molar-refractivity contribution in [3.8, 4) is 0 Å². The number of nitrogens with two attached hydrogens (primary N) is 1. The summed E-state index contributed by atoms with van der Waals surface area (Å²) >= 11 is 0. The smallest absolute Gasteiger partial charge is 0.293 e. The van der Waals surface area contributed by atoms with Crippen LogP contribution in [0.3, 0.4) is 0 Å². The van der Waals surface area contributed by atoms with E-state index in [2.05, 4.69) is 21.3 Å². The first kappa shape index (κ1) is 40.3. The number of unbranched alkanes of at least 4 members (excludes halogenated alkanes) is 1. The highest BCUT2D eigenvalue weighted by Gasteiger charge is 2.24. The normalized spacial score (nSPS) is 11.6. The van der Waals surface area contributed by atoms with Gasteiger partial charge in [0.15, 0.2) is 0 Å². The number of pyridine rings is 2. The quantitative estimate of drug-likeness (QED) is 0.0284. The molecule has 1 atom stereocenters. The minimum Gasteiger partial charge on any atom is -0.368 e. The summed E-state index contributed by atoms with van der Waals surface area (Å²) in [6.45, 7) is 0.104. The molecule has 0 radical (unpaired) electrons. The molecule has 8 aromatic rings. The molecule has 0 aliphatic carbocycles. The molecule has 3 amide bonds. The molecule has 0 fully saturated rings. The predicted molar refractivity (Wildman–Crippen MR) is 238 cm³/mol. The lowest BCUT2D eigenvalue weighted by Gasteiger charge is -2.16. The molecular formula is C46H37N9O7. The number of carbonyl (C=O) groups excluding carboxylic acids is 3. The first-order chi connectivity index (χ1) is 30.0. The molecule has 0 aliphatic heterocycles. The molecule has 1 unspecified atom stereocenters. The van der Waals surface area contributed by atoms with Crippen LogP contribution >= 0.6 is 0 Å². The molecule has 2 aromatic heterocycles. The number of nitrogens with one attached hydrogen (secondary N) is 4. The van der Waals surface area contributed by atoms with Gasteiger partial charge in [0, 0.05) is 51.5 Å². The Morgan fingerprint density at radius 1 is 0.597 bits per heavy atom. The summed E-state index contributed by atoms with van der Waals surface area (Å²) < 4.78 is 0. The molecule has 0 saturated carbocycles. The van der Waals surface area contributed by atoms with E-state index >= 15 is 0 Å². The van der Waals surface area contributed by atoms with Crippen LogP contribution in [0.15, 0.2) is 133 Å². The number of hydrogen-bond donors (Lipinski definition) is 5. The third kappa shape index (κ3) is 8.33. The Labute approximate surface area is 352 Å². The number of primary amides is 1. The Kier molecular flexibility index (Phi) is 11.3. The van der Waals surface area contributed by atoms with Crippen molar-refractivity contribution >= 4 is 95.5 Å². The monoisotopic (exact) mass is 827 g/mol. The minimum absolute atomic E-state index is 0.0597. The van der Waals surface area contributed by atoms with Gasteiger partial charge in [-0.3, -0.25) is 34.6 Å². The van der Waals surface area contributed by atoms with E-state index in [1.807, 2.05) is 97.1 Å². The standard InChI is InChI=1S/C46H37N9O7/c47-44(56)39(53-45(57)27-20-23-38(41(25-27)55(61)62)52-43-31-13-3-7-17-36(31)51-37-18-8-4-14-32(37)43)19-9-10-24-48-46(58)33-22-21-28(26-40(33)54(59)60)49-42-29-11-1-5-15-34(29)50-35-16-6-2-12-30(35)42/h1-8,11-18,20-23,25-26,39H,9-10,19,24H2,(H2,47,56)(H,48,58)(H,49,50)(H,51,52)(H,53,57). The van der Waals surface area contributed by atoms with E-state index in [1.54, 1.807) is 6.07 Å². The topological polar surface area (TPSA) is 237 Å². The molecule has 0 aliphatic rings. The van der Waals surface area contributed by atoms with E-state index < -0.39 is 39.3 Å². The van der Waals surface area contributed by atoms with Crippen LogP contribution in [-0.4, -0.2) is 50.1 Å². The van der Waals surface area contributed by atoms with Crippen LogP contribution in [0.1, 0.15) is 40.0 Å². The summed E-state index contributed by atoms with van der Waals surface area (Å²) in [4.78, 5) is 71.5. The molecule has 0 saturated heterocycles. The second-order valence-electron chi connectivity index (χ2n) is 14.5. The fraction of sp³-hybridized carbons (Fsp3) is 0.109. The molecule has 0 spiro atoms. The summed E-state index contributed by atoms with van der Waals surface area (Å²) in [5.74, 6) is -2.22. The van der Waals surface area contributed by atoms with Gasteiger partial charge in [0.1, 0.15) is 17.3 Å². The first-order valence-corrected chi connectivity index (χ1v) is 19.6. The van der Waals surface area contributed by atoms with Gasteiger partial charge >= 0.3 is 0 Å². The zero-order valence-electron chi connectivity index (χ0n) is 32.8. The Morgan fingerprint density at radius 2 is 1.11 bits per heavy atom. The average molecular weight is 828 g/mol. The summed E-state index contributed by atoms with van der Waals surface area (Å²) in [5, 5.41) is 39.3. The van der Waals surface area contributed by atoms with Crippen molar-refractivity contribution in [1.82, 2.24) is 20.6 Å². The van der Waals surface area contributed by atoms with E-state index in [0.29, 0.717) is 35.2 Å². The van der Waals surface area contributed by atoms with Gasteiger partial charge in [-0.1, -0.05) is 72.8 Å². The largest absolute Gasteiger partial charge is 0.368 e. The summed E-state index contributed by atoms with van der Waals surface area (Å²) in [5.41, 5.74) is 9.45. The van der Waals surface area contributed by atoms with Crippen molar-refractivity contribution in [1.29, 1.82) is 0 Å². The van der Waals surface area contributed by atoms with Crippen LogP contribution in [0.2, 0.25) is 0 Å². The number of para-hydroxylation sites is 4. The number of aromatic nitrogens is 2. The van der Waals surface area contributed by atoms with Crippen molar-refractivity contribution in [2.45, 2.75) is 25.3 Å². The number of anilines is 4. The van der Waals surface area contributed by atoms with Gasteiger partial charge < -0.3 is 27.0 Å². The zero-order chi connectivity index (χ0) is 43.3. The van der Waals surface area contributed by atoms with E-state index in [0.717, 1.165) is 44.3 Å². The molecule has 62 heavy (non-hydrogen) atoms. The van der Waals surface area contributed by atoms with Crippen LogP contribution in [0, 0.1) is 20.2 Å². The highest BCUT2D eigenvalue weighted by atomic mass is 16.6. The molecule has 16 heteroatoms. The number of hydrogen-bond acceptors (Lipinski definition) is 11. The number of fused-ring (bicyclic) bond motifs is 4. The number of nitrogens with zero attached hydrogens (tertiary/aromatic N) is 4. The van der Waals surface area contributed by atoms with Crippen LogP contribution in [0.5, 0.6) is 0 Å². The Hall–Kier alpha value is -8.53. The van der Waals surface area contributed by atoms with Gasteiger partial charge in [-0.15, -0.1) is 0 Å². The van der Waals surface area contributed by atoms with Crippen molar-refractivity contribution in [3.05, 3.63) is 165 Å². The van der Waals surface area contributed by atoms with Gasteiger partial charge in [0.2, 0.25) is 5.91 Å². The molecule has 2 heterocycles. The van der Waals surface area contributed by atoms with E-state index in [1.165, 1.54) is 24.3 Å². The van der Waals surface area contributed by atoms with Crippen molar-refractivity contribution < 1.29 is 24.2 Å². The predicted octanol–water partition coefficient (Wildman–Crippen LogP) is 8.58. The maximum absolute atomic E-state index is 13.3. The lowest BCUT2D eigenvalue weighted by Crippen LogP contribution is -2.44. The maximum atomic E-state index is 13.3. The number of amides is 3. The highest BCUT2D eigenvalue weighted by Crippen LogP contribution is 2.37. The van der Waals surface area contributed by atoms with Crippen molar-refractivity contribution in [2.24, 2.45) is 5.73 Å². The van der Waals surface area contributed by atoms with Gasteiger partial charge in [0.25, 0.3) is 23.2 Å². The fourth-order valence-electron chi connectivity index (χ4n) is 7.41. The van der Waals surface area contributed by atoms with Gasteiger partial charge in [-0.25, -0.2) is 9.97 Å². The molecule has 16 nitrogen and oxygen atoms in total. The van der Waals surface area contributed by atoms with Crippen LogP contribution in [0.25, 0.3) is 43.6 Å². The van der Waals surface area contributed by atoms with E-state index in [9.17, 15) is 34.6 Å². The lowest BCUT2D eigenvalue weighted by molar-refractivity contribution is -0.385. The number of carbonyl (C=O) groups is 3. The first-order valence-electron chi connectivity index (χ1n) is 19.6. The van der Waals surface area contributed by atoms with E-state index in [-0.39, 0.29) is 35.5 Å². The molecule has 0 bridgehead atoms. The molecule has 308 valence electrons. The average Bonchev–Trinajstić information content (AvgIpc) is 3.28. The molecule has 6 aromatic carbocycles. The van der Waals surface area contributed by atoms with Gasteiger partial charge in [-0.05, 0) is 67.8 Å². The minimum atomic E-state index is -1.12. The Balaban J connectivity index is 0.895. The molecular weight excluding hydrogens is 791 g/mol. The maximum Gasteiger partial charge on any atom is 0.293 e. The van der Waals surface area contributed by atoms with Gasteiger partial charge in [-0.2, -0.15) is 0 Å². The zero-order valence-corrected chi connectivity index (χ0v) is 32.8. The molecule has 6 N–H and O–H groups in total. The van der Waals surface area contributed by atoms with Crippen LogP contribution < -0.4 is 27.0 Å². The SMILES string of the molecule is NC(=O)C(CCCCNC(=O)c1ccc(Nc2c3ccccc3nc3ccccc23)cc1[N+](=O)[O-])NC(=O)c1ccc(Nc2c3ccccc3nc3ccccc23)c([N+](=O)[O-])c1. The second-order valence-corrected chi connectivity index (χ2v) is 14.5. The summed E-state index contributed by atoms with van der Waals surface area (Å²) in [7, 11) is 0. The number of benzene rings is 6. The molecule has 8 rings (SSSR count). The van der Waals surface area contributed by atoms with E-state index in [4.69, 9.17) is 15.7 Å². The van der Waals surface area contributed by atoms with Crippen LogP contribution in [0.4, 0.5) is 34.1 Å². The Morgan fingerprint density at radius 3 is 1.63 bits per heavy atom. The highest BCUT2D eigenvalue weighted by molar-refractivity contribution is 6.10. The summed E-state index contributed by atoms with van der Waals surface area (Å²) in [6, 6.07) is 37.0. The second kappa shape index (κ2) is 17.4. The van der Waals surface area contributed by atoms with Crippen molar-refractivity contribution in [2.75, 3.05) is 17.2 Å². The summed E-state index contributed by atoms with van der Waals surface area (Å²) in [6.07, 6.45) is 0.759. The third-order valence-corrected chi connectivity index (χ3v) is 10.5. The Bertz CT molecular complexity index is 3000. The number of nitro benzene ring substituents is 2. The number of rotatable bonds is 15. The van der Waals surface area contributed by atoms with Crippen molar-refractivity contribution in [3.63, 3.8) is 0 Å². The fourth-order valence-corrected chi connectivity index (χ4v) is 7.41.